The molecule has 0 radical (unpaired) electrons. The summed E-state index contributed by atoms with van der Waals surface area (Å²) in [4.78, 5) is 2.59. The van der Waals surface area contributed by atoms with Crippen LogP contribution in [0, 0.1) is 5.82 Å². The zero-order valence-electron chi connectivity index (χ0n) is 8.10. The molecule has 0 aliphatic rings. The molecule has 0 bridgehead atoms. The van der Waals surface area contributed by atoms with Crippen LogP contribution in [-0.2, 0) is 6.54 Å². The molecule has 2 N–H and O–H groups in total. The average Bonchev–Trinajstić information content (AvgIpc) is 2.25. The number of nitrogens with zero attached hydrogens (tertiary/aromatic N) is 3. The van der Waals surface area contributed by atoms with Crippen LogP contribution in [0.1, 0.15) is 11.1 Å². The maximum atomic E-state index is 13.2. The molecule has 0 aromatic heterocycles. The lowest BCUT2D eigenvalue weighted by atomic mass is 10.1. The van der Waals surface area contributed by atoms with Gasteiger partial charge in [0.05, 0.1) is 0 Å². The van der Waals surface area contributed by atoms with Gasteiger partial charge in [0.25, 0.3) is 0 Å². The summed E-state index contributed by atoms with van der Waals surface area (Å²) >= 11 is 0. The van der Waals surface area contributed by atoms with E-state index in [1.807, 2.05) is 0 Å². The van der Waals surface area contributed by atoms with E-state index in [1.54, 1.807) is 24.3 Å². The largest absolute Gasteiger partial charge is 0.326 e. The maximum absolute atomic E-state index is 13.2. The van der Waals surface area contributed by atoms with Crippen molar-refractivity contribution in [3.05, 3.63) is 51.7 Å². The van der Waals surface area contributed by atoms with E-state index in [0.29, 0.717) is 5.56 Å². The van der Waals surface area contributed by atoms with Crippen LogP contribution >= 0.6 is 0 Å². The van der Waals surface area contributed by atoms with Gasteiger partial charge in [0, 0.05) is 23.6 Å². The molecule has 0 heterocycles. The Morgan fingerprint density at radius 3 is 2.93 bits per heavy atom. The summed E-state index contributed by atoms with van der Waals surface area (Å²) in [6, 6.07) is 4.80. The summed E-state index contributed by atoms with van der Waals surface area (Å²) < 4.78 is 13.2. The topological polar surface area (TPSA) is 74.8 Å². The Morgan fingerprint density at radius 1 is 1.53 bits per heavy atom. The van der Waals surface area contributed by atoms with Gasteiger partial charge in [-0.2, -0.15) is 0 Å². The standard InChI is InChI=1S/C10H11FN4/c11-10-6-8(2-1-5-14-15-13)3-4-9(10)7-12/h1-4,6H,5,7,12H2. The van der Waals surface area contributed by atoms with Crippen LogP contribution in [0.25, 0.3) is 16.5 Å². The van der Waals surface area contributed by atoms with E-state index >= 15 is 0 Å². The van der Waals surface area contributed by atoms with Gasteiger partial charge in [-0.1, -0.05) is 29.4 Å². The highest BCUT2D eigenvalue weighted by molar-refractivity contribution is 5.50. The van der Waals surface area contributed by atoms with Crippen LogP contribution in [0.15, 0.2) is 29.4 Å². The summed E-state index contributed by atoms with van der Waals surface area (Å²) in [5.74, 6) is -0.316. The Hall–Kier alpha value is -1.84. The third-order valence-electron chi connectivity index (χ3n) is 1.86. The first-order valence-corrected chi connectivity index (χ1v) is 4.44. The van der Waals surface area contributed by atoms with Crippen LogP contribution in [0.3, 0.4) is 0 Å². The van der Waals surface area contributed by atoms with Gasteiger partial charge in [-0.3, -0.25) is 0 Å². The van der Waals surface area contributed by atoms with Crippen LogP contribution in [0.2, 0.25) is 0 Å². The number of nitrogens with two attached hydrogens (primary N) is 1. The number of benzene rings is 1. The summed E-state index contributed by atoms with van der Waals surface area (Å²) in [7, 11) is 0. The minimum atomic E-state index is -0.316. The van der Waals surface area contributed by atoms with Crippen molar-refractivity contribution >= 4 is 6.08 Å². The molecule has 0 unspecified atom stereocenters. The van der Waals surface area contributed by atoms with Crippen molar-refractivity contribution in [2.75, 3.05) is 6.54 Å². The molecule has 15 heavy (non-hydrogen) atoms. The van der Waals surface area contributed by atoms with E-state index in [9.17, 15) is 4.39 Å². The molecule has 0 fully saturated rings. The fraction of sp³-hybridized carbons (Fsp3) is 0.200. The predicted octanol–water partition coefficient (Wildman–Crippen LogP) is 2.61. The molecule has 0 aliphatic carbocycles. The predicted molar refractivity (Wildman–Crippen MR) is 57.3 cm³/mol. The molecule has 1 rings (SSSR count). The van der Waals surface area contributed by atoms with Gasteiger partial charge in [0.15, 0.2) is 0 Å². The summed E-state index contributed by atoms with van der Waals surface area (Å²) in [6.45, 7) is 0.450. The lowest BCUT2D eigenvalue weighted by Gasteiger charge is -2.00. The van der Waals surface area contributed by atoms with Gasteiger partial charge in [-0.15, -0.1) is 0 Å². The Bertz CT molecular complexity index is 408. The fourth-order valence-electron chi connectivity index (χ4n) is 1.11. The first-order chi connectivity index (χ1) is 7.27. The molecule has 0 amide bonds. The van der Waals surface area contributed by atoms with E-state index in [0.717, 1.165) is 5.56 Å². The molecule has 0 spiro atoms. The van der Waals surface area contributed by atoms with Crippen LogP contribution in [-0.4, -0.2) is 6.54 Å². The van der Waals surface area contributed by atoms with Gasteiger partial charge in [0.1, 0.15) is 5.82 Å². The maximum Gasteiger partial charge on any atom is 0.128 e. The molecular formula is C10H11FN4. The monoisotopic (exact) mass is 206 g/mol. The quantitative estimate of drug-likeness (QED) is 0.459. The number of rotatable bonds is 4. The van der Waals surface area contributed by atoms with Crippen molar-refractivity contribution < 1.29 is 4.39 Å². The second-order valence-electron chi connectivity index (χ2n) is 2.87. The second-order valence-corrected chi connectivity index (χ2v) is 2.87. The number of azide groups is 1. The molecule has 1 aromatic carbocycles. The van der Waals surface area contributed by atoms with E-state index in [2.05, 4.69) is 10.0 Å². The van der Waals surface area contributed by atoms with Crippen LogP contribution < -0.4 is 5.73 Å². The molecule has 0 atom stereocenters. The third kappa shape index (κ3) is 3.42. The van der Waals surface area contributed by atoms with Crippen molar-refractivity contribution in [2.45, 2.75) is 6.54 Å². The second kappa shape index (κ2) is 5.80. The Labute approximate surface area is 86.8 Å². The Balaban J connectivity index is 2.75. The van der Waals surface area contributed by atoms with Gasteiger partial charge in [0.2, 0.25) is 0 Å². The first kappa shape index (κ1) is 11.2. The molecule has 78 valence electrons. The lowest BCUT2D eigenvalue weighted by molar-refractivity contribution is 0.610. The number of hydrogen-bond acceptors (Lipinski definition) is 2. The number of halogens is 1. The minimum absolute atomic E-state index is 0.189. The zero-order chi connectivity index (χ0) is 11.1. The molecule has 0 aliphatic heterocycles. The van der Waals surface area contributed by atoms with Gasteiger partial charge >= 0.3 is 0 Å². The highest BCUT2D eigenvalue weighted by Gasteiger charge is 1.99. The van der Waals surface area contributed by atoms with Crippen LogP contribution in [0.5, 0.6) is 0 Å². The van der Waals surface area contributed by atoms with Crippen molar-refractivity contribution in [3.63, 3.8) is 0 Å². The third-order valence-corrected chi connectivity index (χ3v) is 1.86. The van der Waals surface area contributed by atoms with E-state index in [-0.39, 0.29) is 18.9 Å². The van der Waals surface area contributed by atoms with Gasteiger partial charge in [-0.05, 0) is 17.2 Å². The van der Waals surface area contributed by atoms with Crippen LogP contribution in [0.4, 0.5) is 4.39 Å². The highest BCUT2D eigenvalue weighted by Crippen LogP contribution is 2.11. The zero-order valence-corrected chi connectivity index (χ0v) is 8.10. The van der Waals surface area contributed by atoms with Crippen molar-refractivity contribution in [2.24, 2.45) is 10.8 Å². The Kier molecular flexibility index (Phi) is 4.34. The molecular weight excluding hydrogens is 195 g/mol. The normalized spacial score (nSPS) is 10.3. The molecule has 0 saturated carbocycles. The fourth-order valence-corrected chi connectivity index (χ4v) is 1.11. The van der Waals surface area contributed by atoms with E-state index < -0.39 is 0 Å². The van der Waals surface area contributed by atoms with Gasteiger partial charge < -0.3 is 5.73 Å². The highest BCUT2D eigenvalue weighted by atomic mass is 19.1. The minimum Gasteiger partial charge on any atom is -0.326 e. The molecule has 0 saturated heterocycles. The van der Waals surface area contributed by atoms with E-state index in [4.69, 9.17) is 11.3 Å². The first-order valence-electron chi connectivity index (χ1n) is 4.44. The van der Waals surface area contributed by atoms with Crippen molar-refractivity contribution in [1.29, 1.82) is 0 Å². The smallest absolute Gasteiger partial charge is 0.128 e. The number of hydrogen-bond donors (Lipinski definition) is 1. The molecule has 4 nitrogen and oxygen atoms in total. The Morgan fingerprint density at radius 2 is 2.33 bits per heavy atom. The SMILES string of the molecule is [N-]=[N+]=NCC=Cc1ccc(CN)c(F)c1. The average molecular weight is 206 g/mol. The summed E-state index contributed by atoms with van der Waals surface area (Å²) in [5, 5.41) is 3.32. The van der Waals surface area contributed by atoms with E-state index in [1.165, 1.54) is 6.07 Å². The summed E-state index contributed by atoms with van der Waals surface area (Å²) in [6.07, 6.45) is 3.36. The van der Waals surface area contributed by atoms with Gasteiger partial charge in [-0.25, -0.2) is 4.39 Å². The lowest BCUT2D eigenvalue weighted by Crippen LogP contribution is -1.99. The summed E-state index contributed by atoms with van der Waals surface area (Å²) in [5.41, 5.74) is 14.6. The van der Waals surface area contributed by atoms with Crippen molar-refractivity contribution in [3.8, 4) is 0 Å². The molecule has 1 aromatic rings. The van der Waals surface area contributed by atoms with Crippen molar-refractivity contribution in [1.82, 2.24) is 0 Å². The molecule has 5 heteroatoms.